The van der Waals surface area contributed by atoms with E-state index in [0.717, 1.165) is 14.2 Å². The first-order chi connectivity index (χ1) is 6.18. The highest BCUT2D eigenvalue weighted by molar-refractivity contribution is 7.48. The Morgan fingerprint density at radius 2 is 1.85 bits per heavy atom. The molecule has 2 rings (SSSR count). The summed E-state index contributed by atoms with van der Waals surface area (Å²) >= 11 is 0. The molecule has 0 aromatic heterocycles. The number of fused-ring (bicyclic) bond motifs is 1. The molecule has 0 N–H and O–H groups in total. The summed E-state index contributed by atoms with van der Waals surface area (Å²) in [7, 11) is 0.955. The number of hydrogen-bond acceptors (Lipinski definition) is 0. The Bertz CT molecular complexity index is 364. The third-order valence-electron chi connectivity index (χ3n) is 2.60. The van der Waals surface area contributed by atoms with Crippen molar-refractivity contribution < 1.29 is 0 Å². The summed E-state index contributed by atoms with van der Waals surface area (Å²) < 4.78 is 0. The standard InChI is InChI=1S/C12H15P/c1-8-4-5-9(2)12-11(8)7-6-10(3)13-12/h4-7,10,13H,1-3H3. The summed E-state index contributed by atoms with van der Waals surface area (Å²) in [5.74, 6) is 0. The van der Waals surface area contributed by atoms with Gasteiger partial charge in [0, 0.05) is 0 Å². The van der Waals surface area contributed by atoms with Gasteiger partial charge in [-0.1, -0.05) is 39.8 Å². The van der Waals surface area contributed by atoms with Crippen LogP contribution in [0, 0.1) is 13.8 Å². The van der Waals surface area contributed by atoms with Crippen molar-refractivity contribution in [1.82, 2.24) is 0 Å². The van der Waals surface area contributed by atoms with Gasteiger partial charge in [0.2, 0.25) is 0 Å². The van der Waals surface area contributed by atoms with Crippen LogP contribution in [0.15, 0.2) is 18.2 Å². The molecule has 1 aliphatic rings. The minimum Gasteiger partial charge on any atom is -0.0826 e. The summed E-state index contributed by atoms with van der Waals surface area (Å²) in [5, 5.41) is 1.58. The van der Waals surface area contributed by atoms with Crippen LogP contribution in [0.25, 0.3) is 6.08 Å². The van der Waals surface area contributed by atoms with Crippen molar-refractivity contribution in [2.75, 3.05) is 0 Å². The Hall–Kier alpha value is -0.610. The molecule has 0 bridgehead atoms. The molecule has 1 heteroatoms. The maximum atomic E-state index is 2.33. The second-order valence-electron chi connectivity index (χ2n) is 3.78. The maximum Gasteiger partial charge on any atom is -0.00415 e. The van der Waals surface area contributed by atoms with Crippen molar-refractivity contribution in [3.05, 3.63) is 34.9 Å². The Morgan fingerprint density at radius 3 is 2.62 bits per heavy atom. The first kappa shape index (κ1) is 8.97. The predicted octanol–water partition coefficient (Wildman–Crippen LogP) is 3.02. The van der Waals surface area contributed by atoms with E-state index < -0.39 is 0 Å². The third-order valence-corrected chi connectivity index (χ3v) is 4.20. The van der Waals surface area contributed by atoms with E-state index in [9.17, 15) is 0 Å². The molecule has 0 spiro atoms. The second kappa shape index (κ2) is 3.27. The van der Waals surface area contributed by atoms with Gasteiger partial charge in [0.1, 0.15) is 0 Å². The quantitative estimate of drug-likeness (QED) is 0.552. The van der Waals surface area contributed by atoms with E-state index in [2.05, 4.69) is 45.1 Å². The molecule has 1 aliphatic heterocycles. The summed E-state index contributed by atoms with van der Waals surface area (Å²) in [5.41, 5.74) is 5.07. The van der Waals surface area contributed by atoms with Crippen LogP contribution in [0.2, 0.25) is 0 Å². The zero-order valence-electron chi connectivity index (χ0n) is 8.39. The number of hydrogen-bond donors (Lipinski definition) is 0. The van der Waals surface area contributed by atoms with Gasteiger partial charge >= 0.3 is 0 Å². The normalized spacial score (nSPS) is 21.9. The van der Waals surface area contributed by atoms with E-state index >= 15 is 0 Å². The van der Waals surface area contributed by atoms with Gasteiger partial charge in [-0.2, -0.15) is 0 Å². The van der Waals surface area contributed by atoms with E-state index in [-0.39, 0.29) is 0 Å². The summed E-state index contributed by atoms with van der Waals surface area (Å²) in [6, 6.07) is 4.46. The molecular formula is C12H15P. The minimum absolute atomic E-state index is 0.730. The monoisotopic (exact) mass is 190 g/mol. The van der Waals surface area contributed by atoms with Gasteiger partial charge in [-0.25, -0.2) is 0 Å². The van der Waals surface area contributed by atoms with Gasteiger partial charge < -0.3 is 0 Å². The van der Waals surface area contributed by atoms with Crippen LogP contribution in [0.5, 0.6) is 0 Å². The maximum absolute atomic E-state index is 2.33. The van der Waals surface area contributed by atoms with Crippen LogP contribution in [0.4, 0.5) is 0 Å². The Kier molecular flexibility index (Phi) is 2.26. The molecule has 68 valence electrons. The van der Waals surface area contributed by atoms with Crippen LogP contribution in [0.1, 0.15) is 23.6 Å². The number of aryl methyl sites for hydroxylation is 2. The molecule has 0 nitrogen and oxygen atoms in total. The molecule has 1 heterocycles. The lowest BCUT2D eigenvalue weighted by Gasteiger charge is -2.19. The summed E-state index contributed by atoms with van der Waals surface area (Å²) in [6.07, 6.45) is 4.62. The molecule has 0 radical (unpaired) electrons. The van der Waals surface area contributed by atoms with E-state index in [1.807, 2.05) is 0 Å². The fraction of sp³-hybridized carbons (Fsp3) is 0.333. The number of benzene rings is 1. The lowest BCUT2D eigenvalue weighted by Crippen LogP contribution is -2.13. The van der Waals surface area contributed by atoms with Crippen molar-refractivity contribution in [1.29, 1.82) is 0 Å². The second-order valence-corrected chi connectivity index (χ2v) is 5.48. The number of rotatable bonds is 0. The average molecular weight is 190 g/mol. The molecule has 0 saturated heterocycles. The fourth-order valence-corrected chi connectivity index (χ4v) is 3.15. The van der Waals surface area contributed by atoms with E-state index in [1.54, 1.807) is 5.30 Å². The highest BCUT2D eigenvalue weighted by Gasteiger charge is 2.13. The van der Waals surface area contributed by atoms with Crippen molar-refractivity contribution in [3.8, 4) is 0 Å². The molecule has 0 amide bonds. The fourth-order valence-electron chi connectivity index (χ4n) is 1.76. The molecule has 1 aromatic carbocycles. The van der Waals surface area contributed by atoms with Crippen molar-refractivity contribution in [3.63, 3.8) is 0 Å². The topological polar surface area (TPSA) is 0 Å². The molecule has 0 aliphatic carbocycles. The SMILES string of the molecule is Cc1ccc(C)c2c1C=CC(C)P2. The Morgan fingerprint density at radius 1 is 1.15 bits per heavy atom. The first-order valence-electron chi connectivity index (χ1n) is 4.73. The van der Waals surface area contributed by atoms with Crippen molar-refractivity contribution >= 4 is 20.0 Å². The Labute approximate surface area is 81.8 Å². The highest BCUT2D eigenvalue weighted by atomic mass is 31.1. The van der Waals surface area contributed by atoms with Crippen LogP contribution < -0.4 is 5.30 Å². The zero-order valence-corrected chi connectivity index (χ0v) is 9.39. The van der Waals surface area contributed by atoms with Gasteiger partial charge in [-0.05, 0) is 41.5 Å². The van der Waals surface area contributed by atoms with Gasteiger partial charge in [-0.15, -0.1) is 0 Å². The summed E-state index contributed by atoms with van der Waals surface area (Å²) in [4.78, 5) is 0. The first-order valence-corrected chi connectivity index (χ1v) is 5.81. The predicted molar refractivity (Wildman–Crippen MR) is 62.4 cm³/mol. The average Bonchev–Trinajstić information content (AvgIpc) is 2.12. The molecule has 13 heavy (non-hydrogen) atoms. The van der Waals surface area contributed by atoms with E-state index in [4.69, 9.17) is 0 Å². The van der Waals surface area contributed by atoms with E-state index in [1.165, 1.54) is 16.7 Å². The van der Waals surface area contributed by atoms with Crippen LogP contribution >= 0.6 is 8.58 Å². The number of allylic oxidation sites excluding steroid dienone is 1. The lowest BCUT2D eigenvalue weighted by atomic mass is 10.0. The minimum atomic E-state index is 0.730. The van der Waals surface area contributed by atoms with Crippen molar-refractivity contribution in [2.45, 2.75) is 26.4 Å². The molecule has 1 aromatic rings. The van der Waals surface area contributed by atoms with E-state index in [0.29, 0.717) is 0 Å². The smallest absolute Gasteiger partial charge is 0.00415 e. The van der Waals surface area contributed by atoms with Gasteiger partial charge in [-0.3, -0.25) is 0 Å². The van der Waals surface area contributed by atoms with Gasteiger partial charge in [0.05, 0.1) is 0 Å². The third kappa shape index (κ3) is 1.56. The lowest BCUT2D eigenvalue weighted by molar-refractivity contribution is 1.24. The molecule has 2 atom stereocenters. The largest absolute Gasteiger partial charge is 0.0826 e. The van der Waals surface area contributed by atoms with Crippen LogP contribution in [-0.4, -0.2) is 5.66 Å². The van der Waals surface area contributed by atoms with Gasteiger partial charge in [0.25, 0.3) is 0 Å². The molecule has 0 fully saturated rings. The molecular weight excluding hydrogens is 175 g/mol. The molecule has 0 saturated carbocycles. The van der Waals surface area contributed by atoms with Gasteiger partial charge in [0.15, 0.2) is 0 Å². The highest BCUT2D eigenvalue weighted by Crippen LogP contribution is 2.30. The van der Waals surface area contributed by atoms with Crippen LogP contribution in [0.3, 0.4) is 0 Å². The van der Waals surface area contributed by atoms with Crippen molar-refractivity contribution in [2.24, 2.45) is 0 Å². The summed E-state index contributed by atoms with van der Waals surface area (Å²) in [6.45, 7) is 6.71. The van der Waals surface area contributed by atoms with Crippen LogP contribution in [-0.2, 0) is 0 Å². The molecule has 2 unspecified atom stereocenters. The zero-order chi connectivity index (χ0) is 9.42. The Balaban J connectivity index is 2.60.